The third kappa shape index (κ3) is 3.37. The molecule has 1 aliphatic rings. The molecule has 2 heterocycles. The number of imidazole rings is 1. The van der Waals surface area contributed by atoms with Gasteiger partial charge in [-0.1, -0.05) is 28.1 Å². The monoisotopic (exact) mass is 449 g/mol. The lowest BCUT2D eigenvalue weighted by Gasteiger charge is -2.24. The fraction of sp³-hybridized carbons (Fsp3) is 0.316. The molecule has 1 N–H and O–H groups in total. The first-order valence-corrected chi connectivity index (χ1v) is 11.1. The summed E-state index contributed by atoms with van der Waals surface area (Å²) in [5, 5.41) is 0. The molecule has 1 aliphatic heterocycles. The number of nitrogens with one attached hydrogen (secondary N) is 1. The van der Waals surface area contributed by atoms with Crippen molar-refractivity contribution >= 4 is 37.0 Å². The Kier molecular flexibility index (Phi) is 4.96. The average Bonchev–Trinajstić information content (AvgIpc) is 3.30. The van der Waals surface area contributed by atoms with Gasteiger partial charge in [-0.3, -0.25) is 0 Å². The number of hydrogen-bond donors (Lipinski definition) is 1. The summed E-state index contributed by atoms with van der Waals surface area (Å²) in [6.45, 7) is 2.70. The molecule has 2 aromatic carbocycles. The lowest BCUT2D eigenvalue weighted by Crippen LogP contribution is -2.31. The Balaban J connectivity index is 1.76. The molecular weight excluding hydrogens is 430 g/mol. The third-order valence-electron chi connectivity index (χ3n) is 4.72. The predicted octanol–water partition coefficient (Wildman–Crippen LogP) is 4.25. The maximum Gasteiger partial charge on any atom is 0.247 e. The Morgan fingerprint density at radius 1 is 1.30 bits per heavy atom. The van der Waals surface area contributed by atoms with Crippen LogP contribution in [0.1, 0.15) is 31.6 Å². The van der Waals surface area contributed by atoms with Crippen LogP contribution in [0.5, 0.6) is 5.75 Å². The van der Waals surface area contributed by atoms with E-state index in [0.717, 1.165) is 23.9 Å². The number of aromatic amines is 1. The summed E-state index contributed by atoms with van der Waals surface area (Å²) in [7, 11) is -3.73. The molecule has 27 heavy (non-hydrogen) atoms. The number of para-hydroxylation sites is 2. The zero-order chi connectivity index (χ0) is 19.0. The zero-order valence-electron chi connectivity index (χ0n) is 14.9. The van der Waals surface area contributed by atoms with Crippen molar-refractivity contribution in [2.75, 3.05) is 13.2 Å². The predicted molar refractivity (Wildman–Crippen MR) is 107 cm³/mol. The van der Waals surface area contributed by atoms with Crippen molar-refractivity contribution in [2.45, 2.75) is 30.7 Å². The van der Waals surface area contributed by atoms with Gasteiger partial charge in [0.2, 0.25) is 10.0 Å². The van der Waals surface area contributed by atoms with E-state index in [1.165, 1.54) is 4.31 Å². The number of rotatable bonds is 5. The Bertz CT molecular complexity index is 1050. The van der Waals surface area contributed by atoms with Crippen LogP contribution in [0.3, 0.4) is 0 Å². The standard InChI is InChI=1S/C19H20BrN3O3S/c1-2-26-17-10-9-13(20)12-18(17)27(24,25)23-11-5-8-16(23)19-21-14-6-3-4-7-15(14)22-19/h3-4,6-7,9-10,12,16H,2,5,8,11H2,1H3,(H,21,22)/t16-/m0/s1. The summed E-state index contributed by atoms with van der Waals surface area (Å²) >= 11 is 3.37. The highest BCUT2D eigenvalue weighted by atomic mass is 79.9. The third-order valence-corrected chi connectivity index (χ3v) is 7.14. The topological polar surface area (TPSA) is 75.3 Å². The van der Waals surface area contributed by atoms with E-state index in [9.17, 15) is 8.42 Å². The van der Waals surface area contributed by atoms with Crippen molar-refractivity contribution in [3.05, 3.63) is 52.8 Å². The van der Waals surface area contributed by atoms with Crippen molar-refractivity contribution in [1.29, 1.82) is 0 Å². The number of sulfonamides is 1. The van der Waals surface area contributed by atoms with Crippen molar-refractivity contribution in [3.8, 4) is 5.75 Å². The SMILES string of the molecule is CCOc1ccc(Br)cc1S(=O)(=O)N1CCC[C@H]1c1nc2ccccc2[nH]1. The Hall–Kier alpha value is -1.90. The minimum absolute atomic E-state index is 0.182. The molecule has 0 saturated carbocycles. The van der Waals surface area contributed by atoms with Gasteiger partial charge in [-0.25, -0.2) is 13.4 Å². The normalized spacial score (nSPS) is 18.2. The number of aromatic nitrogens is 2. The molecule has 1 saturated heterocycles. The van der Waals surface area contributed by atoms with Gasteiger partial charge in [-0.15, -0.1) is 0 Å². The van der Waals surface area contributed by atoms with E-state index < -0.39 is 10.0 Å². The fourth-order valence-corrected chi connectivity index (χ4v) is 5.85. The second kappa shape index (κ2) is 7.26. The van der Waals surface area contributed by atoms with Gasteiger partial charge < -0.3 is 9.72 Å². The van der Waals surface area contributed by atoms with Crippen LogP contribution in [0.4, 0.5) is 0 Å². The van der Waals surface area contributed by atoms with Crippen LogP contribution in [0.15, 0.2) is 51.8 Å². The highest BCUT2D eigenvalue weighted by molar-refractivity contribution is 9.10. The largest absolute Gasteiger partial charge is 0.492 e. The van der Waals surface area contributed by atoms with Crippen LogP contribution in [0.2, 0.25) is 0 Å². The van der Waals surface area contributed by atoms with Gasteiger partial charge in [0.15, 0.2) is 0 Å². The maximum atomic E-state index is 13.5. The minimum atomic E-state index is -3.73. The highest BCUT2D eigenvalue weighted by Gasteiger charge is 2.39. The Labute approximate surface area is 166 Å². The van der Waals surface area contributed by atoms with Crippen LogP contribution in [0.25, 0.3) is 11.0 Å². The number of benzene rings is 2. The summed E-state index contributed by atoms with van der Waals surface area (Å²) < 4.78 is 34.7. The molecule has 4 rings (SSSR count). The average molecular weight is 450 g/mol. The molecule has 0 radical (unpaired) electrons. The van der Waals surface area contributed by atoms with E-state index in [0.29, 0.717) is 29.2 Å². The number of H-pyrrole nitrogens is 1. The van der Waals surface area contributed by atoms with Crippen LogP contribution in [-0.4, -0.2) is 35.8 Å². The van der Waals surface area contributed by atoms with Gasteiger partial charge in [-0.05, 0) is 50.1 Å². The molecule has 0 unspecified atom stereocenters. The number of hydrogen-bond acceptors (Lipinski definition) is 4. The second-order valence-corrected chi connectivity index (χ2v) is 9.21. The molecule has 0 bridgehead atoms. The van der Waals surface area contributed by atoms with Gasteiger partial charge >= 0.3 is 0 Å². The molecule has 1 aromatic heterocycles. The summed E-state index contributed by atoms with van der Waals surface area (Å²) in [5.41, 5.74) is 1.75. The van der Waals surface area contributed by atoms with Crippen molar-refractivity contribution in [1.82, 2.24) is 14.3 Å². The number of fused-ring (bicyclic) bond motifs is 1. The van der Waals surface area contributed by atoms with Crippen molar-refractivity contribution < 1.29 is 13.2 Å². The molecule has 0 spiro atoms. The van der Waals surface area contributed by atoms with Crippen LogP contribution in [0, 0.1) is 0 Å². The number of halogens is 1. The maximum absolute atomic E-state index is 13.5. The van der Waals surface area contributed by atoms with Crippen LogP contribution < -0.4 is 4.74 Å². The van der Waals surface area contributed by atoms with Gasteiger partial charge in [0.1, 0.15) is 16.5 Å². The summed E-state index contributed by atoms with van der Waals surface area (Å²) in [5.74, 6) is 1.06. The summed E-state index contributed by atoms with van der Waals surface area (Å²) in [6.07, 6.45) is 1.52. The number of ether oxygens (including phenoxy) is 1. The first-order chi connectivity index (χ1) is 13.0. The van der Waals surface area contributed by atoms with E-state index in [1.54, 1.807) is 18.2 Å². The van der Waals surface area contributed by atoms with E-state index in [4.69, 9.17) is 4.74 Å². The zero-order valence-corrected chi connectivity index (χ0v) is 17.3. The lowest BCUT2D eigenvalue weighted by atomic mass is 10.2. The Morgan fingerprint density at radius 2 is 2.11 bits per heavy atom. The van der Waals surface area contributed by atoms with E-state index in [2.05, 4.69) is 25.9 Å². The minimum Gasteiger partial charge on any atom is -0.492 e. The molecule has 6 nitrogen and oxygen atoms in total. The van der Waals surface area contributed by atoms with Crippen LogP contribution >= 0.6 is 15.9 Å². The second-order valence-electron chi connectivity index (χ2n) is 6.44. The quantitative estimate of drug-likeness (QED) is 0.631. The van der Waals surface area contributed by atoms with E-state index in [1.807, 2.05) is 31.2 Å². The van der Waals surface area contributed by atoms with Gasteiger partial charge in [-0.2, -0.15) is 4.31 Å². The molecule has 1 atom stereocenters. The molecule has 0 amide bonds. The first-order valence-electron chi connectivity index (χ1n) is 8.89. The summed E-state index contributed by atoms with van der Waals surface area (Å²) in [6, 6.07) is 12.5. The molecule has 0 aliphatic carbocycles. The van der Waals surface area contributed by atoms with Crippen LogP contribution in [-0.2, 0) is 10.0 Å². The number of nitrogens with zero attached hydrogens (tertiary/aromatic N) is 2. The van der Waals surface area contributed by atoms with Crippen molar-refractivity contribution in [2.24, 2.45) is 0 Å². The Morgan fingerprint density at radius 3 is 2.89 bits per heavy atom. The molecule has 8 heteroatoms. The molecule has 1 fully saturated rings. The highest BCUT2D eigenvalue weighted by Crippen LogP contribution is 2.39. The smallest absolute Gasteiger partial charge is 0.247 e. The van der Waals surface area contributed by atoms with Gasteiger partial charge in [0.25, 0.3) is 0 Å². The van der Waals surface area contributed by atoms with Gasteiger partial charge in [0.05, 0.1) is 23.7 Å². The fourth-order valence-electron chi connectivity index (χ4n) is 3.52. The molecule has 3 aromatic rings. The first kappa shape index (κ1) is 18.5. The van der Waals surface area contributed by atoms with E-state index in [-0.39, 0.29) is 10.9 Å². The summed E-state index contributed by atoms with van der Waals surface area (Å²) in [4.78, 5) is 8.09. The van der Waals surface area contributed by atoms with E-state index >= 15 is 0 Å². The molecular formula is C19H20BrN3O3S. The molecule has 142 valence electrons. The van der Waals surface area contributed by atoms with Gasteiger partial charge in [0, 0.05) is 11.0 Å². The lowest BCUT2D eigenvalue weighted by molar-refractivity contribution is 0.327. The van der Waals surface area contributed by atoms with Crippen molar-refractivity contribution in [3.63, 3.8) is 0 Å².